The molecule has 2 aromatic heterocycles. The molecule has 1 saturated heterocycles. The van der Waals surface area contributed by atoms with Gasteiger partial charge in [-0.25, -0.2) is 0 Å². The number of rotatable bonds is 5. The number of benzene rings is 2. The summed E-state index contributed by atoms with van der Waals surface area (Å²) in [6, 6.07) is 18.7. The van der Waals surface area contributed by atoms with E-state index in [-0.39, 0.29) is 11.3 Å². The fourth-order valence-electron chi connectivity index (χ4n) is 3.75. The molecule has 3 heterocycles. The number of anilines is 1. The lowest BCUT2D eigenvalue weighted by molar-refractivity contribution is 0.0951. The van der Waals surface area contributed by atoms with Crippen LogP contribution in [0.4, 0.5) is 5.88 Å². The third-order valence-electron chi connectivity index (χ3n) is 5.51. The Morgan fingerprint density at radius 2 is 1.78 bits per heavy atom. The summed E-state index contributed by atoms with van der Waals surface area (Å²) in [6.45, 7) is 3.10. The number of carbonyl (C=O) groups is 1. The molecule has 1 N–H and O–H groups in total. The highest BCUT2D eigenvalue weighted by Crippen LogP contribution is 2.34. The molecule has 1 fully saturated rings. The Morgan fingerprint density at radius 3 is 2.53 bits per heavy atom. The lowest BCUT2D eigenvalue weighted by Crippen LogP contribution is -2.36. The topological polar surface area (TPSA) is 71.8 Å². The monoisotopic (exact) mass is 446 g/mol. The van der Waals surface area contributed by atoms with E-state index in [0.29, 0.717) is 54.6 Å². The lowest BCUT2D eigenvalue weighted by atomic mass is 10.1. The minimum absolute atomic E-state index is 0.0408. The van der Waals surface area contributed by atoms with Crippen LogP contribution in [0.1, 0.15) is 15.9 Å². The fourth-order valence-corrected chi connectivity index (χ4v) is 4.66. The van der Waals surface area contributed by atoms with Gasteiger partial charge in [-0.2, -0.15) is 0 Å². The second kappa shape index (κ2) is 8.98. The Kier molecular flexibility index (Phi) is 5.75. The number of morpholine rings is 1. The van der Waals surface area contributed by atoms with Gasteiger partial charge < -0.3 is 19.4 Å². The van der Waals surface area contributed by atoms with Crippen molar-refractivity contribution >= 4 is 33.4 Å². The van der Waals surface area contributed by atoms with Crippen molar-refractivity contribution in [2.24, 2.45) is 0 Å². The van der Waals surface area contributed by atoms with Crippen molar-refractivity contribution in [3.63, 3.8) is 0 Å². The van der Waals surface area contributed by atoms with Crippen LogP contribution in [0.5, 0.6) is 0 Å². The number of fused-ring (bicyclic) bond motifs is 1. The van der Waals surface area contributed by atoms with Crippen molar-refractivity contribution < 1.29 is 13.9 Å². The molecule has 4 aromatic rings. The number of hydrogen-bond acceptors (Lipinski definition) is 6. The summed E-state index contributed by atoms with van der Waals surface area (Å²) in [5.74, 6) is 0.444. The number of ether oxygens (including phenoxy) is 1. The predicted octanol–water partition coefficient (Wildman–Crippen LogP) is 4.29. The molecule has 0 spiro atoms. The van der Waals surface area contributed by atoms with Gasteiger partial charge in [-0.15, -0.1) is 11.3 Å². The van der Waals surface area contributed by atoms with Gasteiger partial charge in [-0.1, -0.05) is 42.5 Å². The highest BCUT2D eigenvalue weighted by atomic mass is 32.1. The average molecular weight is 447 g/mol. The van der Waals surface area contributed by atoms with E-state index in [1.165, 1.54) is 11.3 Å². The highest BCUT2D eigenvalue weighted by molar-refractivity contribution is 7.17. The van der Waals surface area contributed by atoms with Crippen LogP contribution in [0.15, 0.2) is 75.3 Å². The van der Waals surface area contributed by atoms with Crippen LogP contribution in [0, 0.1) is 0 Å². The van der Waals surface area contributed by atoms with Gasteiger partial charge in [-0.05, 0) is 23.3 Å². The van der Waals surface area contributed by atoms with Crippen molar-refractivity contribution in [2.75, 3.05) is 31.2 Å². The molecule has 5 rings (SSSR count). The molecule has 0 bridgehead atoms. The van der Waals surface area contributed by atoms with E-state index in [1.54, 1.807) is 18.2 Å². The molecule has 0 atom stereocenters. The summed E-state index contributed by atoms with van der Waals surface area (Å²) < 4.78 is 12.2. The zero-order valence-electron chi connectivity index (χ0n) is 17.4. The van der Waals surface area contributed by atoms with E-state index in [0.717, 1.165) is 16.7 Å². The fraction of sp³-hybridized carbons (Fsp3) is 0.200. The van der Waals surface area contributed by atoms with Gasteiger partial charge in [-0.3, -0.25) is 9.59 Å². The Morgan fingerprint density at radius 1 is 1.03 bits per heavy atom. The Labute approximate surface area is 189 Å². The quantitative estimate of drug-likeness (QED) is 0.495. The van der Waals surface area contributed by atoms with E-state index in [1.807, 2.05) is 52.7 Å². The minimum Gasteiger partial charge on any atom is -0.439 e. The number of nitrogens with zero attached hydrogens (tertiary/aromatic N) is 1. The van der Waals surface area contributed by atoms with Gasteiger partial charge >= 0.3 is 0 Å². The first kappa shape index (κ1) is 20.5. The zero-order valence-corrected chi connectivity index (χ0v) is 18.2. The molecule has 1 aliphatic heterocycles. The molecule has 162 valence electrons. The molecule has 2 aromatic carbocycles. The van der Waals surface area contributed by atoms with E-state index in [4.69, 9.17) is 9.15 Å². The smallest absolute Gasteiger partial charge is 0.251 e. The van der Waals surface area contributed by atoms with Crippen molar-refractivity contribution in [1.29, 1.82) is 0 Å². The van der Waals surface area contributed by atoms with E-state index in [2.05, 4.69) is 5.32 Å². The summed E-state index contributed by atoms with van der Waals surface area (Å²) in [7, 11) is 0. The maximum Gasteiger partial charge on any atom is 0.251 e. The van der Waals surface area contributed by atoms with Crippen LogP contribution in [-0.2, 0) is 11.3 Å². The molecule has 6 nitrogen and oxygen atoms in total. The van der Waals surface area contributed by atoms with Crippen molar-refractivity contribution in [1.82, 2.24) is 5.32 Å². The number of thiophene rings is 1. The molecule has 0 unspecified atom stereocenters. The minimum atomic E-state index is -0.128. The highest BCUT2D eigenvalue weighted by Gasteiger charge is 2.18. The summed E-state index contributed by atoms with van der Waals surface area (Å²) >= 11 is 1.38. The Balaban J connectivity index is 1.38. The lowest BCUT2D eigenvalue weighted by Gasteiger charge is -2.27. The van der Waals surface area contributed by atoms with Gasteiger partial charge in [0, 0.05) is 42.2 Å². The van der Waals surface area contributed by atoms with Gasteiger partial charge in [0.2, 0.25) is 5.43 Å². The van der Waals surface area contributed by atoms with Crippen molar-refractivity contribution in [3.8, 4) is 11.1 Å². The third kappa shape index (κ3) is 4.17. The maximum absolute atomic E-state index is 12.7. The number of amides is 1. The molecule has 1 amide bonds. The van der Waals surface area contributed by atoms with Crippen molar-refractivity contribution in [2.45, 2.75) is 6.54 Å². The second-order valence-electron chi connectivity index (χ2n) is 7.60. The van der Waals surface area contributed by atoms with E-state index >= 15 is 0 Å². The predicted molar refractivity (Wildman–Crippen MR) is 126 cm³/mol. The molecule has 0 radical (unpaired) electrons. The molecule has 1 aliphatic rings. The zero-order chi connectivity index (χ0) is 21.9. The first-order chi connectivity index (χ1) is 15.7. The first-order valence-corrected chi connectivity index (χ1v) is 11.4. The second-order valence-corrected chi connectivity index (χ2v) is 8.48. The SMILES string of the molecule is O=C(NCc1ccccc1)c1ccc(-c2csc3c(=O)cc(N4CCOCC4)oc23)cc1. The molecule has 32 heavy (non-hydrogen) atoms. The standard InChI is InChI=1S/C25H22N2O4S/c28-21-14-22(27-10-12-30-13-11-27)31-23-20(16-32-24(21)23)18-6-8-19(9-7-18)25(29)26-15-17-4-2-1-3-5-17/h1-9,14,16H,10-13,15H2,(H,26,29). The van der Waals surface area contributed by atoms with Crippen molar-refractivity contribution in [3.05, 3.63) is 87.4 Å². The number of hydrogen-bond donors (Lipinski definition) is 1. The maximum atomic E-state index is 12.7. The molecular formula is C25H22N2O4S. The average Bonchev–Trinajstić information content (AvgIpc) is 3.28. The summed E-state index contributed by atoms with van der Waals surface area (Å²) in [6.07, 6.45) is 0. The molecule has 7 heteroatoms. The number of nitrogens with one attached hydrogen (secondary N) is 1. The normalized spacial score (nSPS) is 13.9. The van der Waals surface area contributed by atoms with E-state index in [9.17, 15) is 9.59 Å². The first-order valence-electron chi connectivity index (χ1n) is 10.5. The third-order valence-corrected chi connectivity index (χ3v) is 6.48. The van der Waals surface area contributed by atoms with Crippen LogP contribution >= 0.6 is 11.3 Å². The largest absolute Gasteiger partial charge is 0.439 e. The summed E-state index contributed by atoms with van der Waals surface area (Å²) in [4.78, 5) is 27.2. The van der Waals surface area contributed by atoms with Gasteiger partial charge in [0.15, 0.2) is 11.5 Å². The molecular weight excluding hydrogens is 424 g/mol. The van der Waals surface area contributed by atoms with Gasteiger partial charge in [0.1, 0.15) is 4.70 Å². The van der Waals surface area contributed by atoms with Crippen LogP contribution < -0.4 is 15.6 Å². The van der Waals surface area contributed by atoms with Crippen LogP contribution in [-0.4, -0.2) is 32.2 Å². The molecule has 0 saturated carbocycles. The van der Waals surface area contributed by atoms with E-state index < -0.39 is 0 Å². The Hall–Kier alpha value is -3.42. The van der Waals surface area contributed by atoms with Gasteiger partial charge in [0.05, 0.1) is 13.2 Å². The van der Waals surface area contributed by atoms with Gasteiger partial charge in [0.25, 0.3) is 5.91 Å². The Bertz CT molecular complexity index is 1290. The van der Waals surface area contributed by atoms with Crippen LogP contribution in [0.2, 0.25) is 0 Å². The van der Waals surface area contributed by atoms with Crippen LogP contribution in [0.3, 0.4) is 0 Å². The molecule has 0 aliphatic carbocycles. The summed E-state index contributed by atoms with van der Waals surface area (Å²) in [5, 5.41) is 4.87. The number of carbonyl (C=O) groups excluding carboxylic acids is 1. The van der Waals surface area contributed by atoms with Crippen LogP contribution in [0.25, 0.3) is 21.4 Å². The summed E-state index contributed by atoms with van der Waals surface area (Å²) in [5.41, 5.74) is 3.94.